The summed E-state index contributed by atoms with van der Waals surface area (Å²) < 4.78 is 0.994. The molecule has 0 heterocycles. The van der Waals surface area contributed by atoms with Crippen molar-refractivity contribution in [2.24, 2.45) is 5.92 Å². The van der Waals surface area contributed by atoms with E-state index in [-0.39, 0.29) is 5.91 Å². The van der Waals surface area contributed by atoms with Crippen molar-refractivity contribution < 1.29 is 4.79 Å². The van der Waals surface area contributed by atoms with Crippen molar-refractivity contribution in [2.45, 2.75) is 26.7 Å². The van der Waals surface area contributed by atoms with Crippen molar-refractivity contribution in [2.75, 3.05) is 6.54 Å². The van der Waals surface area contributed by atoms with Gasteiger partial charge in [0, 0.05) is 17.1 Å². The zero-order valence-electron chi connectivity index (χ0n) is 10.9. The summed E-state index contributed by atoms with van der Waals surface area (Å²) in [6.45, 7) is 5.06. The van der Waals surface area contributed by atoms with Crippen LogP contribution in [0.25, 0.3) is 6.08 Å². The third-order valence-corrected chi connectivity index (χ3v) is 3.76. The Balaban J connectivity index is 2.47. The van der Waals surface area contributed by atoms with E-state index >= 15 is 0 Å². The van der Waals surface area contributed by atoms with Crippen LogP contribution in [0.15, 0.2) is 34.8 Å². The lowest BCUT2D eigenvalue weighted by Gasteiger charge is -2.11. The smallest absolute Gasteiger partial charge is 0.244 e. The van der Waals surface area contributed by atoms with Gasteiger partial charge >= 0.3 is 0 Å². The molecule has 0 aliphatic heterocycles. The topological polar surface area (TPSA) is 29.1 Å². The van der Waals surface area contributed by atoms with Crippen molar-refractivity contribution in [3.63, 3.8) is 0 Å². The lowest BCUT2D eigenvalue weighted by molar-refractivity contribution is -0.116. The van der Waals surface area contributed by atoms with E-state index in [1.807, 2.05) is 30.3 Å². The fourth-order valence-electron chi connectivity index (χ4n) is 1.66. The molecule has 0 aromatic heterocycles. The van der Waals surface area contributed by atoms with Crippen molar-refractivity contribution in [1.82, 2.24) is 5.32 Å². The summed E-state index contributed by atoms with van der Waals surface area (Å²) in [6.07, 6.45) is 5.62. The first-order chi connectivity index (χ1) is 8.67. The maximum Gasteiger partial charge on any atom is 0.244 e. The molecule has 0 atom stereocenters. The zero-order valence-corrected chi connectivity index (χ0v) is 12.5. The summed E-state index contributed by atoms with van der Waals surface area (Å²) >= 11 is 3.45. The summed E-state index contributed by atoms with van der Waals surface area (Å²) in [5.41, 5.74) is 1.01. The molecule has 1 aromatic carbocycles. The van der Waals surface area contributed by atoms with Crippen molar-refractivity contribution in [1.29, 1.82) is 0 Å². The molecule has 0 aliphatic rings. The Morgan fingerprint density at radius 1 is 1.33 bits per heavy atom. The lowest BCUT2D eigenvalue weighted by Crippen LogP contribution is -2.27. The van der Waals surface area contributed by atoms with Crippen LogP contribution in [0.3, 0.4) is 0 Å². The van der Waals surface area contributed by atoms with Crippen molar-refractivity contribution in [3.05, 3.63) is 40.4 Å². The molecule has 1 amide bonds. The van der Waals surface area contributed by atoms with E-state index in [1.165, 1.54) is 0 Å². The minimum atomic E-state index is -0.0300. The average molecular weight is 310 g/mol. The molecule has 2 nitrogen and oxygen atoms in total. The minimum Gasteiger partial charge on any atom is -0.352 e. The van der Waals surface area contributed by atoms with E-state index in [2.05, 4.69) is 35.1 Å². The summed E-state index contributed by atoms with van der Waals surface area (Å²) in [6, 6.07) is 7.83. The summed E-state index contributed by atoms with van der Waals surface area (Å²) in [4.78, 5) is 11.7. The Morgan fingerprint density at radius 2 is 2.00 bits per heavy atom. The van der Waals surface area contributed by atoms with Crippen LogP contribution >= 0.6 is 15.9 Å². The van der Waals surface area contributed by atoms with E-state index in [9.17, 15) is 4.79 Å². The molecule has 0 saturated carbocycles. The van der Waals surface area contributed by atoms with Gasteiger partial charge in [-0.2, -0.15) is 0 Å². The Kier molecular flexibility index (Phi) is 6.73. The van der Waals surface area contributed by atoms with Gasteiger partial charge in [-0.25, -0.2) is 0 Å². The predicted molar refractivity (Wildman–Crippen MR) is 80.3 cm³/mol. The summed E-state index contributed by atoms with van der Waals surface area (Å²) in [5.74, 6) is 0.545. The highest BCUT2D eigenvalue weighted by molar-refractivity contribution is 9.10. The molecule has 1 rings (SSSR count). The second-order valence-corrected chi connectivity index (χ2v) is 5.14. The second kappa shape index (κ2) is 8.09. The van der Waals surface area contributed by atoms with Gasteiger partial charge in [-0.3, -0.25) is 4.79 Å². The van der Waals surface area contributed by atoms with Gasteiger partial charge in [-0.1, -0.05) is 60.8 Å². The fourth-order valence-corrected chi connectivity index (χ4v) is 2.07. The van der Waals surface area contributed by atoms with Gasteiger partial charge in [0.25, 0.3) is 0 Å². The van der Waals surface area contributed by atoms with Crippen LogP contribution in [0.2, 0.25) is 0 Å². The monoisotopic (exact) mass is 309 g/mol. The lowest BCUT2D eigenvalue weighted by atomic mass is 10.0. The molecule has 1 aromatic rings. The second-order valence-electron chi connectivity index (χ2n) is 4.28. The SMILES string of the molecule is CCC(CC)CNC(=O)/C=C/c1ccccc1Br. The molecular formula is C15H20BrNO. The molecule has 0 saturated heterocycles. The highest BCUT2D eigenvalue weighted by Gasteiger charge is 2.04. The molecule has 0 fully saturated rings. The number of rotatable bonds is 6. The number of halogens is 1. The van der Waals surface area contributed by atoms with Gasteiger partial charge in [-0.05, 0) is 23.6 Å². The number of carbonyl (C=O) groups is 1. The predicted octanol–water partition coefficient (Wildman–Crippen LogP) is 4.01. The zero-order chi connectivity index (χ0) is 13.4. The maximum atomic E-state index is 11.7. The molecule has 0 spiro atoms. The van der Waals surface area contributed by atoms with Crippen LogP contribution in [-0.2, 0) is 4.79 Å². The molecule has 1 N–H and O–H groups in total. The minimum absolute atomic E-state index is 0.0300. The van der Waals surface area contributed by atoms with Crippen LogP contribution < -0.4 is 5.32 Å². The molecule has 18 heavy (non-hydrogen) atoms. The van der Waals surface area contributed by atoms with E-state index in [1.54, 1.807) is 6.08 Å². The van der Waals surface area contributed by atoms with Gasteiger partial charge in [0.1, 0.15) is 0 Å². The average Bonchev–Trinajstić information content (AvgIpc) is 2.39. The summed E-state index contributed by atoms with van der Waals surface area (Å²) in [7, 11) is 0. The highest BCUT2D eigenvalue weighted by atomic mass is 79.9. The van der Waals surface area contributed by atoms with Crippen LogP contribution in [-0.4, -0.2) is 12.5 Å². The number of nitrogens with one attached hydrogen (secondary N) is 1. The van der Waals surface area contributed by atoms with Crippen LogP contribution in [0.1, 0.15) is 32.3 Å². The normalized spacial score (nSPS) is 11.1. The van der Waals surface area contributed by atoms with Crippen LogP contribution in [0.4, 0.5) is 0 Å². The van der Waals surface area contributed by atoms with E-state index < -0.39 is 0 Å². The number of hydrogen-bond donors (Lipinski definition) is 1. The molecule has 0 bridgehead atoms. The molecular weight excluding hydrogens is 290 g/mol. The summed E-state index contributed by atoms with van der Waals surface area (Å²) in [5, 5.41) is 2.93. The van der Waals surface area contributed by atoms with Gasteiger partial charge in [-0.15, -0.1) is 0 Å². The van der Waals surface area contributed by atoms with Crippen LogP contribution in [0, 0.1) is 5.92 Å². The maximum absolute atomic E-state index is 11.7. The first kappa shape index (κ1) is 15.0. The highest BCUT2D eigenvalue weighted by Crippen LogP contribution is 2.16. The Labute approximate surface area is 118 Å². The van der Waals surface area contributed by atoms with Crippen LogP contribution in [0.5, 0.6) is 0 Å². The van der Waals surface area contributed by atoms with Gasteiger partial charge in [0.2, 0.25) is 5.91 Å². The standard InChI is InChI=1S/C15H20BrNO/c1-3-12(4-2)11-17-15(18)10-9-13-7-5-6-8-14(13)16/h5-10,12H,3-4,11H2,1-2H3,(H,17,18)/b10-9+. The third-order valence-electron chi connectivity index (χ3n) is 3.04. The van der Waals surface area contributed by atoms with Gasteiger partial charge < -0.3 is 5.32 Å². The molecule has 0 radical (unpaired) electrons. The number of carbonyl (C=O) groups excluding carboxylic acids is 1. The Bertz CT molecular complexity index is 411. The van der Waals surface area contributed by atoms with Gasteiger partial charge in [0.05, 0.1) is 0 Å². The van der Waals surface area contributed by atoms with Gasteiger partial charge in [0.15, 0.2) is 0 Å². The molecule has 0 unspecified atom stereocenters. The van der Waals surface area contributed by atoms with Crippen molar-refractivity contribution >= 4 is 27.9 Å². The number of hydrogen-bond acceptors (Lipinski definition) is 1. The molecule has 3 heteroatoms. The van der Waals surface area contributed by atoms with E-state index in [0.717, 1.165) is 29.4 Å². The number of amides is 1. The quantitative estimate of drug-likeness (QED) is 0.790. The fraction of sp³-hybridized carbons (Fsp3) is 0.400. The Morgan fingerprint density at radius 3 is 2.61 bits per heavy atom. The third kappa shape index (κ3) is 5.05. The number of benzene rings is 1. The van der Waals surface area contributed by atoms with Crippen molar-refractivity contribution in [3.8, 4) is 0 Å². The first-order valence-electron chi connectivity index (χ1n) is 6.37. The first-order valence-corrected chi connectivity index (χ1v) is 7.17. The molecule has 0 aliphatic carbocycles. The largest absolute Gasteiger partial charge is 0.352 e. The molecule has 98 valence electrons. The Hall–Kier alpha value is -1.09. The van der Waals surface area contributed by atoms with E-state index in [0.29, 0.717) is 5.92 Å². The van der Waals surface area contributed by atoms with E-state index in [4.69, 9.17) is 0 Å².